The van der Waals surface area contributed by atoms with Gasteiger partial charge in [-0.05, 0) is 0 Å². The fourth-order valence-corrected chi connectivity index (χ4v) is 1.41. The lowest BCUT2D eigenvalue weighted by Gasteiger charge is -2.08. The van der Waals surface area contributed by atoms with Crippen molar-refractivity contribution >= 4 is 17.4 Å². The summed E-state index contributed by atoms with van der Waals surface area (Å²) in [5, 5.41) is 7.16. The van der Waals surface area contributed by atoms with Crippen molar-refractivity contribution in [3.8, 4) is 0 Å². The maximum atomic E-state index is 5.91. The molecule has 0 amide bonds. The van der Waals surface area contributed by atoms with Gasteiger partial charge < -0.3 is 9.84 Å². The molecule has 90 valence electrons. The Kier molecular flexibility index (Phi) is 3.53. The SMILES string of the molecule is CC(C)c1nc(Cl)cc(NCc2ncon2)n1. The summed E-state index contributed by atoms with van der Waals surface area (Å²) in [5.74, 6) is 2.14. The average molecular weight is 254 g/mol. The van der Waals surface area contributed by atoms with Crippen LogP contribution in [-0.4, -0.2) is 20.1 Å². The number of hydrogen-bond acceptors (Lipinski definition) is 6. The van der Waals surface area contributed by atoms with Crippen LogP contribution in [0, 0.1) is 0 Å². The molecule has 2 aromatic rings. The molecule has 0 saturated heterocycles. The maximum absolute atomic E-state index is 5.91. The fourth-order valence-electron chi connectivity index (χ4n) is 1.22. The van der Waals surface area contributed by atoms with E-state index in [4.69, 9.17) is 11.6 Å². The quantitative estimate of drug-likeness (QED) is 0.842. The summed E-state index contributed by atoms with van der Waals surface area (Å²) in [4.78, 5) is 12.4. The zero-order valence-corrected chi connectivity index (χ0v) is 10.3. The summed E-state index contributed by atoms with van der Waals surface area (Å²) in [7, 11) is 0. The first kappa shape index (κ1) is 11.8. The van der Waals surface area contributed by atoms with E-state index in [0.29, 0.717) is 29.2 Å². The van der Waals surface area contributed by atoms with E-state index in [1.54, 1.807) is 6.07 Å². The van der Waals surface area contributed by atoms with Crippen LogP contribution in [0.4, 0.5) is 5.82 Å². The highest BCUT2D eigenvalue weighted by atomic mass is 35.5. The predicted octanol–water partition coefficient (Wildman–Crippen LogP) is 2.25. The van der Waals surface area contributed by atoms with Crippen molar-refractivity contribution in [1.82, 2.24) is 20.1 Å². The molecule has 0 fully saturated rings. The molecule has 17 heavy (non-hydrogen) atoms. The van der Waals surface area contributed by atoms with Gasteiger partial charge in [0, 0.05) is 12.0 Å². The molecule has 0 bridgehead atoms. The molecule has 0 spiro atoms. The first-order chi connectivity index (χ1) is 8.15. The smallest absolute Gasteiger partial charge is 0.213 e. The van der Waals surface area contributed by atoms with Crippen LogP contribution in [0.2, 0.25) is 5.15 Å². The molecule has 0 saturated carbocycles. The Morgan fingerprint density at radius 2 is 2.24 bits per heavy atom. The molecule has 2 rings (SSSR count). The van der Waals surface area contributed by atoms with Crippen LogP contribution >= 0.6 is 11.6 Å². The van der Waals surface area contributed by atoms with E-state index in [1.807, 2.05) is 13.8 Å². The Balaban J connectivity index is 2.10. The first-order valence-electron chi connectivity index (χ1n) is 5.18. The maximum Gasteiger partial charge on any atom is 0.213 e. The predicted molar refractivity (Wildman–Crippen MR) is 62.8 cm³/mol. The van der Waals surface area contributed by atoms with Crippen LogP contribution in [0.3, 0.4) is 0 Å². The topological polar surface area (TPSA) is 76.7 Å². The van der Waals surface area contributed by atoms with Gasteiger partial charge >= 0.3 is 0 Å². The van der Waals surface area contributed by atoms with Gasteiger partial charge in [-0.3, -0.25) is 0 Å². The molecular formula is C10H12ClN5O. The lowest BCUT2D eigenvalue weighted by molar-refractivity contribution is 0.411. The van der Waals surface area contributed by atoms with Crippen LogP contribution in [-0.2, 0) is 6.54 Å². The Hall–Kier alpha value is -1.69. The number of rotatable bonds is 4. The van der Waals surface area contributed by atoms with Gasteiger partial charge in [-0.25, -0.2) is 9.97 Å². The van der Waals surface area contributed by atoms with Crippen molar-refractivity contribution in [3.05, 3.63) is 29.3 Å². The van der Waals surface area contributed by atoms with E-state index >= 15 is 0 Å². The summed E-state index contributed by atoms with van der Waals surface area (Å²) in [6.07, 6.45) is 1.28. The van der Waals surface area contributed by atoms with E-state index in [0.717, 1.165) is 0 Å². The Morgan fingerprint density at radius 1 is 1.41 bits per heavy atom. The lowest BCUT2D eigenvalue weighted by Crippen LogP contribution is -2.06. The van der Waals surface area contributed by atoms with Gasteiger partial charge in [0.25, 0.3) is 0 Å². The molecule has 0 aliphatic carbocycles. The molecule has 2 aromatic heterocycles. The van der Waals surface area contributed by atoms with Crippen LogP contribution in [0.15, 0.2) is 17.0 Å². The van der Waals surface area contributed by atoms with Gasteiger partial charge in [-0.15, -0.1) is 0 Å². The van der Waals surface area contributed by atoms with Gasteiger partial charge in [-0.2, -0.15) is 4.98 Å². The highest BCUT2D eigenvalue weighted by molar-refractivity contribution is 6.29. The third-order valence-corrected chi connectivity index (χ3v) is 2.26. The summed E-state index contributed by atoms with van der Waals surface area (Å²) in [5.41, 5.74) is 0. The molecule has 1 N–H and O–H groups in total. The summed E-state index contributed by atoms with van der Waals surface area (Å²) < 4.78 is 4.63. The van der Waals surface area contributed by atoms with Crippen molar-refractivity contribution in [2.75, 3.05) is 5.32 Å². The molecule has 2 heterocycles. The number of anilines is 1. The second kappa shape index (κ2) is 5.09. The zero-order valence-electron chi connectivity index (χ0n) is 9.51. The van der Waals surface area contributed by atoms with Gasteiger partial charge in [0.05, 0.1) is 6.54 Å². The zero-order chi connectivity index (χ0) is 12.3. The third-order valence-electron chi connectivity index (χ3n) is 2.06. The van der Waals surface area contributed by atoms with Crippen molar-refractivity contribution in [2.45, 2.75) is 26.3 Å². The minimum Gasteiger partial charge on any atom is -0.362 e. The Morgan fingerprint density at radius 3 is 2.88 bits per heavy atom. The molecule has 7 heteroatoms. The minimum absolute atomic E-state index is 0.222. The highest BCUT2D eigenvalue weighted by Gasteiger charge is 2.07. The summed E-state index contributed by atoms with van der Waals surface area (Å²) in [6, 6.07) is 1.66. The lowest BCUT2D eigenvalue weighted by atomic mass is 10.2. The van der Waals surface area contributed by atoms with Crippen molar-refractivity contribution in [3.63, 3.8) is 0 Å². The van der Waals surface area contributed by atoms with Crippen molar-refractivity contribution in [2.24, 2.45) is 0 Å². The molecule has 0 atom stereocenters. The Labute approximate surface area is 103 Å². The highest BCUT2D eigenvalue weighted by Crippen LogP contribution is 2.17. The van der Waals surface area contributed by atoms with E-state index in [9.17, 15) is 0 Å². The van der Waals surface area contributed by atoms with E-state index in [-0.39, 0.29) is 5.92 Å². The van der Waals surface area contributed by atoms with Crippen LogP contribution < -0.4 is 5.32 Å². The average Bonchev–Trinajstić information content (AvgIpc) is 2.78. The van der Waals surface area contributed by atoms with Gasteiger partial charge in [0.15, 0.2) is 5.82 Å². The minimum atomic E-state index is 0.222. The number of hydrogen-bond donors (Lipinski definition) is 1. The summed E-state index contributed by atoms with van der Waals surface area (Å²) >= 11 is 5.91. The molecule has 0 aromatic carbocycles. The standard InChI is InChI=1S/C10H12ClN5O/c1-6(2)10-14-7(11)3-8(15-10)12-4-9-13-5-17-16-9/h3,5-6H,4H2,1-2H3,(H,12,14,15). The van der Waals surface area contributed by atoms with Crippen molar-refractivity contribution in [1.29, 1.82) is 0 Å². The number of nitrogens with one attached hydrogen (secondary N) is 1. The second-order valence-corrected chi connectivity index (χ2v) is 4.18. The van der Waals surface area contributed by atoms with Crippen LogP contribution in [0.1, 0.15) is 31.4 Å². The molecule has 0 radical (unpaired) electrons. The first-order valence-corrected chi connectivity index (χ1v) is 5.56. The number of nitrogens with zero attached hydrogens (tertiary/aromatic N) is 4. The molecule has 6 nitrogen and oxygen atoms in total. The van der Waals surface area contributed by atoms with E-state index < -0.39 is 0 Å². The normalized spacial score (nSPS) is 10.8. The van der Waals surface area contributed by atoms with Crippen LogP contribution in [0.5, 0.6) is 0 Å². The third kappa shape index (κ3) is 3.13. The molecular weight excluding hydrogens is 242 g/mol. The van der Waals surface area contributed by atoms with Gasteiger partial charge in [0.2, 0.25) is 6.39 Å². The van der Waals surface area contributed by atoms with E-state index in [2.05, 4.69) is 29.9 Å². The Bertz CT molecular complexity index is 485. The fraction of sp³-hybridized carbons (Fsp3) is 0.400. The van der Waals surface area contributed by atoms with Crippen LogP contribution in [0.25, 0.3) is 0 Å². The molecule has 0 aliphatic rings. The molecule has 0 unspecified atom stereocenters. The number of halogens is 1. The monoisotopic (exact) mass is 253 g/mol. The van der Waals surface area contributed by atoms with Gasteiger partial charge in [-0.1, -0.05) is 30.6 Å². The number of aromatic nitrogens is 4. The second-order valence-electron chi connectivity index (χ2n) is 3.79. The largest absolute Gasteiger partial charge is 0.362 e. The van der Waals surface area contributed by atoms with Gasteiger partial charge in [0.1, 0.15) is 16.8 Å². The van der Waals surface area contributed by atoms with E-state index in [1.165, 1.54) is 6.39 Å². The van der Waals surface area contributed by atoms with Crippen molar-refractivity contribution < 1.29 is 4.52 Å². The summed E-state index contributed by atoms with van der Waals surface area (Å²) in [6.45, 7) is 4.45. The molecule has 0 aliphatic heterocycles.